The Kier molecular flexibility index (Phi) is 3.46. The number of nitrogens with zero attached hydrogens (tertiary/aromatic N) is 1. The van der Waals surface area contributed by atoms with Crippen molar-refractivity contribution < 1.29 is 14.3 Å². The molecule has 5 heteroatoms. The molecule has 0 spiro atoms. The molecule has 128 valence electrons. The number of ether oxygens (including phenoxy) is 1. The Morgan fingerprint density at radius 1 is 1.29 bits per heavy atom. The molecule has 2 N–H and O–H groups in total. The molecule has 2 amide bonds. The van der Waals surface area contributed by atoms with Crippen LogP contribution in [0.2, 0.25) is 0 Å². The summed E-state index contributed by atoms with van der Waals surface area (Å²) in [5, 5.41) is 0.860. The van der Waals surface area contributed by atoms with Gasteiger partial charge in [-0.25, -0.2) is 10.9 Å². The molecule has 2 aliphatic carbocycles. The van der Waals surface area contributed by atoms with Gasteiger partial charge < -0.3 is 4.74 Å². The van der Waals surface area contributed by atoms with E-state index < -0.39 is 5.41 Å². The number of piperidine rings is 1. The molecule has 0 aromatic heterocycles. The van der Waals surface area contributed by atoms with Gasteiger partial charge in [0.15, 0.2) is 0 Å². The Hall–Kier alpha value is -1.88. The van der Waals surface area contributed by atoms with Crippen LogP contribution in [0.25, 0.3) is 0 Å². The van der Waals surface area contributed by atoms with Gasteiger partial charge in [-0.05, 0) is 66.7 Å². The van der Waals surface area contributed by atoms with E-state index in [9.17, 15) is 9.59 Å². The van der Waals surface area contributed by atoms with Crippen molar-refractivity contribution in [2.24, 2.45) is 23.1 Å². The maximum absolute atomic E-state index is 12.7. The first-order valence-corrected chi connectivity index (χ1v) is 8.74. The number of fused-ring (bicyclic) bond motifs is 5. The van der Waals surface area contributed by atoms with E-state index in [2.05, 4.69) is 12.1 Å². The lowest BCUT2D eigenvalue weighted by Crippen LogP contribution is -2.61. The fourth-order valence-electron chi connectivity index (χ4n) is 5.32. The van der Waals surface area contributed by atoms with E-state index >= 15 is 0 Å². The number of aryl methyl sites for hydroxylation is 1. The zero-order valence-corrected chi connectivity index (χ0v) is 14.2. The molecule has 0 bridgehead atoms. The molecular formula is C19H24N2O3. The van der Waals surface area contributed by atoms with Crippen molar-refractivity contribution in [3.05, 3.63) is 29.3 Å². The van der Waals surface area contributed by atoms with E-state index in [1.165, 1.54) is 11.1 Å². The van der Waals surface area contributed by atoms with Crippen molar-refractivity contribution in [2.45, 2.75) is 44.9 Å². The lowest BCUT2D eigenvalue weighted by Gasteiger charge is -2.53. The van der Waals surface area contributed by atoms with E-state index in [0.717, 1.165) is 36.4 Å². The Balaban J connectivity index is 1.70. The molecule has 5 nitrogen and oxygen atoms in total. The number of hydrogen-bond donors (Lipinski definition) is 1. The van der Waals surface area contributed by atoms with Crippen LogP contribution in [0.15, 0.2) is 18.2 Å². The molecule has 2 fully saturated rings. The Labute approximate surface area is 142 Å². The second kappa shape index (κ2) is 5.31. The van der Waals surface area contributed by atoms with Crippen molar-refractivity contribution >= 4 is 11.8 Å². The predicted molar refractivity (Wildman–Crippen MR) is 89.0 cm³/mol. The SMILES string of the molecule is COc1ccc2c(c1)CC[C@@H]1C2CC[C@]2(C)C(=O)N(N)C(=O)CC12. The first kappa shape index (κ1) is 15.6. The van der Waals surface area contributed by atoms with Crippen molar-refractivity contribution in [3.63, 3.8) is 0 Å². The van der Waals surface area contributed by atoms with Gasteiger partial charge in [0.25, 0.3) is 0 Å². The normalized spacial score (nSPS) is 35.1. The fraction of sp³-hybridized carbons (Fsp3) is 0.579. The molecule has 1 aromatic carbocycles. The van der Waals surface area contributed by atoms with Crippen molar-refractivity contribution in [2.75, 3.05) is 7.11 Å². The molecule has 24 heavy (non-hydrogen) atoms. The first-order valence-electron chi connectivity index (χ1n) is 8.74. The van der Waals surface area contributed by atoms with Crippen LogP contribution in [0.3, 0.4) is 0 Å². The lowest BCUT2D eigenvalue weighted by atomic mass is 9.52. The number of amides is 2. The topological polar surface area (TPSA) is 72.6 Å². The highest BCUT2D eigenvalue weighted by Crippen LogP contribution is 2.57. The highest BCUT2D eigenvalue weighted by atomic mass is 16.5. The molecule has 1 saturated carbocycles. The molecule has 1 heterocycles. The number of carbonyl (C=O) groups excluding carboxylic acids is 2. The van der Waals surface area contributed by atoms with E-state index in [4.69, 9.17) is 10.6 Å². The minimum Gasteiger partial charge on any atom is -0.497 e. The first-order chi connectivity index (χ1) is 11.5. The van der Waals surface area contributed by atoms with Gasteiger partial charge >= 0.3 is 0 Å². The number of hydrogen-bond acceptors (Lipinski definition) is 4. The average molecular weight is 328 g/mol. The average Bonchev–Trinajstić information content (AvgIpc) is 2.60. The lowest BCUT2D eigenvalue weighted by molar-refractivity contribution is -0.168. The zero-order chi connectivity index (χ0) is 17.1. The van der Waals surface area contributed by atoms with Crippen LogP contribution in [0.1, 0.15) is 49.7 Å². The summed E-state index contributed by atoms with van der Waals surface area (Å²) in [5.41, 5.74) is 2.24. The second-order valence-electron chi connectivity index (χ2n) is 7.71. The molecule has 2 unspecified atom stereocenters. The summed E-state index contributed by atoms with van der Waals surface area (Å²) in [4.78, 5) is 24.8. The standard InChI is InChI=1S/C19H24N2O3/c1-19-8-7-14-13-6-4-12(24-2)9-11(13)3-5-15(14)16(19)10-17(22)21(20)18(19)23/h4,6,9,14-16H,3,5,7-8,10,20H2,1-2H3/t14?,15-,16?,19+/m1/s1. The monoisotopic (exact) mass is 328 g/mol. The number of rotatable bonds is 1. The number of hydrazine groups is 1. The summed E-state index contributed by atoms with van der Waals surface area (Å²) >= 11 is 0. The third-order valence-electron chi connectivity index (χ3n) is 6.69. The minimum atomic E-state index is -0.492. The van der Waals surface area contributed by atoms with Crippen LogP contribution < -0.4 is 10.6 Å². The van der Waals surface area contributed by atoms with Gasteiger partial charge in [-0.3, -0.25) is 9.59 Å². The molecule has 4 atom stereocenters. The molecule has 0 radical (unpaired) electrons. The van der Waals surface area contributed by atoms with Gasteiger partial charge in [0.1, 0.15) is 5.75 Å². The van der Waals surface area contributed by atoms with Gasteiger partial charge in [0.2, 0.25) is 11.8 Å². The van der Waals surface area contributed by atoms with Crippen LogP contribution in [-0.4, -0.2) is 23.9 Å². The van der Waals surface area contributed by atoms with Crippen molar-refractivity contribution in [3.8, 4) is 5.75 Å². The third kappa shape index (κ3) is 2.04. The quantitative estimate of drug-likeness (QED) is 0.488. The molecule has 1 aromatic rings. The largest absolute Gasteiger partial charge is 0.497 e. The maximum Gasteiger partial charge on any atom is 0.249 e. The van der Waals surface area contributed by atoms with Crippen LogP contribution in [-0.2, 0) is 16.0 Å². The van der Waals surface area contributed by atoms with Crippen LogP contribution in [0, 0.1) is 17.3 Å². The zero-order valence-electron chi connectivity index (χ0n) is 14.2. The van der Waals surface area contributed by atoms with Crippen molar-refractivity contribution in [1.29, 1.82) is 0 Å². The molecule has 1 saturated heterocycles. The summed E-state index contributed by atoms with van der Waals surface area (Å²) in [6, 6.07) is 6.33. The molecule has 3 aliphatic rings. The summed E-state index contributed by atoms with van der Waals surface area (Å²) in [7, 11) is 1.69. The van der Waals surface area contributed by atoms with Gasteiger partial charge in [0, 0.05) is 6.42 Å². The maximum atomic E-state index is 12.7. The summed E-state index contributed by atoms with van der Waals surface area (Å²) < 4.78 is 5.35. The Morgan fingerprint density at radius 3 is 2.83 bits per heavy atom. The molecule has 1 aliphatic heterocycles. The van der Waals surface area contributed by atoms with E-state index in [-0.39, 0.29) is 17.7 Å². The number of imide groups is 1. The number of benzene rings is 1. The van der Waals surface area contributed by atoms with Crippen LogP contribution in [0.4, 0.5) is 0 Å². The van der Waals surface area contributed by atoms with E-state index in [1.54, 1.807) is 7.11 Å². The van der Waals surface area contributed by atoms with Gasteiger partial charge in [-0.15, -0.1) is 0 Å². The smallest absolute Gasteiger partial charge is 0.249 e. The molecular weight excluding hydrogens is 304 g/mol. The summed E-state index contributed by atoms with van der Waals surface area (Å²) in [5.74, 6) is 7.10. The minimum absolute atomic E-state index is 0.103. The van der Waals surface area contributed by atoms with Gasteiger partial charge in [-0.2, -0.15) is 0 Å². The highest BCUT2D eigenvalue weighted by molar-refractivity contribution is 6.00. The Morgan fingerprint density at radius 2 is 2.08 bits per heavy atom. The molecule has 4 rings (SSSR count). The highest BCUT2D eigenvalue weighted by Gasteiger charge is 2.56. The van der Waals surface area contributed by atoms with E-state index in [1.807, 2.05) is 13.0 Å². The predicted octanol–water partition coefficient (Wildman–Crippen LogP) is 2.39. The van der Waals surface area contributed by atoms with E-state index in [0.29, 0.717) is 18.3 Å². The summed E-state index contributed by atoms with van der Waals surface area (Å²) in [6.45, 7) is 2.01. The second-order valence-corrected chi connectivity index (χ2v) is 7.71. The van der Waals surface area contributed by atoms with Gasteiger partial charge in [-0.1, -0.05) is 13.0 Å². The van der Waals surface area contributed by atoms with Gasteiger partial charge in [0.05, 0.1) is 12.5 Å². The fourth-order valence-corrected chi connectivity index (χ4v) is 5.32. The number of carbonyl (C=O) groups is 2. The van der Waals surface area contributed by atoms with Crippen LogP contribution >= 0.6 is 0 Å². The third-order valence-corrected chi connectivity index (χ3v) is 6.69. The number of nitrogens with two attached hydrogens (primary N) is 1. The number of methoxy groups -OCH3 is 1. The summed E-state index contributed by atoms with van der Waals surface area (Å²) in [6.07, 6.45) is 4.17. The Bertz CT molecular complexity index is 717. The van der Waals surface area contributed by atoms with Crippen molar-refractivity contribution in [1.82, 2.24) is 5.01 Å². The van der Waals surface area contributed by atoms with Crippen LogP contribution in [0.5, 0.6) is 5.75 Å².